The Balaban J connectivity index is 2.33. The first-order chi connectivity index (χ1) is 6.84. The molecule has 14 heavy (non-hydrogen) atoms. The van der Waals surface area contributed by atoms with E-state index in [9.17, 15) is 0 Å². The van der Waals surface area contributed by atoms with Gasteiger partial charge >= 0.3 is 0 Å². The molecule has 0 radical (unpaired) electrons. The van der Waals surface area contributed by atoms with E-state index in [1.807, 2.05) is 6.07 Å². The predicted octanol–water partition coefficient (Wildman–Crippen LogP) is 2.98. The van der Waals surface area contributed by atoms with Gasteiger partial charge < -0.3 is 9.47 Å². The van der Waals surface area contributed by atoms with Gasteiger partial charge in [-0.05, 0) is 30.5 Å². The molecule has 2 heterocycles. The predicted molar refractivity (Wildman–Crippen MR) is 57.6 cm³/mol. The lowest BCUT2D eigenvalue weighted by Crippen LogP contribution is -2.15. The van der Waals surface area contributed by atoms with E-state index in [-0.39, 0.29) is 0 Å². The van der Waals surface area contributed by atoms with Crippen LogP contribution in [-0.4, -0.2) is 13.2 Å². The molecule has 1 aromatic heterocycles. The lowest BCUT2D eigenvalue weighted by molar-refractivity contribution is 0.174. The fraction of sp³-hybridized carbons (Fsp3) is 0.273. The molecule has 0 unspecified atom stereocenters. The van der Waals surface area contributed by atoms with Gasteiger partial charge in [-0.15, -0.1) is 11.3 Å². The summed E-state index contributed by atoms with van der Waals surface area (Å²) in [5.41, 5.74) is 0. The molecule has 3 rings (SSSR count). The Morgan fingerprint density at radius 2 is 2.07 bits per heavy atom. The number of thiophene rings is 1. The molecule has 1 aliphatic rings. The molecule has 2 nitrogen and oxygen atoms in total. The standard InChI is InChI=1S/C11H10O2S/c1-7-6-8-2-3-9-10(11(8)14-7)13-5-4-12-9/h2-3,6H,4-5H2,1H3. The van der Waals surface area contributed by atoms with Gasteiger partial charge in [0.25, 0.3) is 0 Å². The van der Waals surface area contributed by atoms with Crippen molar-refractivity contribution in [2.45, 2.75) is 6.92 Å². The molecule has 0 bridgehead atoms. The SMILES string of the molecule is Cc1cc2ccc3c(c2s1)OCCO3. The highest BCUT2D eigenvalue weighted by Crippen LogP contribution is 2.41. The van der Waals surface area contributed by atoms with Crippen molar-refractivity contribution in [2.75, 3.05) is 13.2 Å². The number of hydrogen-bond donors (Lipinski definition) is 0. The van der Waals surface area contributed by atoms with Crippen molar-refractivity contribution >= 4 is 21.4 Å². The smallest absolute Gasteiger partial charge is 0.179 e. The Morgan fingerprint density at radius 1 is 1.21 bits per heavy atom. The fourth-order valence-electron chi connectivity index (χ4n) is 1.73. The quantitative estimate of drug-likeness (QED) is 0.659. The monoisotopic (exact) mass is 206 g/mol. The normalized spacial score (nSPS) is 14.6. The Labute approximate surface area is 86.1 Å². The van der Waals surface area contributed by atoms with Crippen molar-refractivity contribution in [3.05, 3.63) is 23.1 Å². The number of rotatable bonds is 0. The molecule has 3 heteroatoms. The van der Waals surface area contributed by atoms with Gasteiger partial charge in [0.2, 0.25) is 0 Å². The van der Waals surface area contributed by atoms with Gasteiger partial charge in [-0.3, -0.25) is 0 Å². The summed E-state index contributed by atoms with van der Waals surface area (Å²) in [5.74, 6) is 1.80. The lowest BCUT2D eigenvalue weighted by Gasteiger charge is -2.18. The first-order valence-corrected chi connectivity index (χ1v) is 5.45. The molecule has 0 aliphatic carbocycles. The third-order valence-electron chi connectivity index (χ3n) is 2.32. The second-order valence-corrected chi connectivity index (χ2v) is 4.62. The largest absolute Gasteiger partial charge is 0.486 e. The van der Waals surface area contributed by atoms with E-state index in [1.165, 1.54) is 15.0 Å². The van der Waals surface area contributed by atoms with E-state index in [4.69, 9.17) is 9.47 Å². The highest BCUT2D eigenvalue weighted by atomic mass is 32.1. The summed E-state index contributed by atoms with van der Waals surface area (Å²) in [6.07, 6.45) is 0. The van der Waals surface area contributed by atoms with Gasteiger partial charge in [-0.1, -0.05) is 0 Å². The summed E-state index contributed by atoms with van der Waals surface area (Å²) < 4.78 is 12.4. The number of fused-ring (bicyclic) bond motifs is 3. The van der Waals surface area contributed by atoms with Gasteiger partial charge in [-0.25, -0.2) is 0 Å². The van der Waals surface area contributed by atoms with E-state index in [2.05, 4.69) is 19.1 Å². The minimum atomic E-state index is 0.656. The molecule has 2 aromatic rings. The van der Waals surface area contributed by atoms with Gasteiger partial charge in [-0.2, -0.15) is 0 Å². The van der Waals surface area contributed by atoms with Crippen molar-refractivity contribution < 1.29 is 9.47 Å². The van der Waals surface area contributed by atoms with Gasteiger partial charge in [0.15, 0.2) is 11.5 Å². The summed E-state index contributed by atoms with van der Waals surface area (Å²) in [5, 5.41) is 1.25. The van der Waals surface area contributed by atoms with Crippen molar-refractivity contribution in [3.8, 4) is 11.5 Å². The Kier molecular flexibility index (Phi) is 1.67. The highest BCUT2D eigenvalue weighted by Gasteiger charge is 2.16. The van der Waals surface area contributed by atoms with E-state index in [1.54, 1.807) is 11.3 Å². The average molecular weight is 206 g/mol. The van der Waals surface area contributed by atoms with Gasteiger partial charge in [0.1, 0.15) is 13.2 Å². The molecule has 0 saturated carbocycles. The fourth-order valence-corrected chi connectivity index (χ4v) is 2.74. The summed E-state index contributed by atoms with van der Waals surface area (Å²) in [7, 11) is 0. The zero-order valence-corrected chi connectivity index (χ0v) is 8.69. The Bertz CT molecular complexity index is 487. The first kappa shape index (κ1) is 8.12. The topological polar surface area (TPSA) is 18.5 Å². The van der Waals surface area contributed by atoms with Gasteiger partial charge in [0.05, 0.1) is 4.70 Å². The minimum absolute atomic E-state index is 0.656. The van der Waals surface area contributed by atoms with Gasteiger partial charge in [0, 0.05) is 4.88 Å². The van der Waals surface area contributed by atoms with Crippen LogP contribution in [-0.2, 0) is 0 Å². The molecule has 0 amide bonds. The Morgan fingerprint density at radius 3 is 3.00 bits per heavy atom. The molecule has 1 aromatic carbocycles. The van der Waals surface area contributed by atoms with Crippen LogP contribution < -0.4 is 9.47 Å². The number of ether oxygens (including phenoxy) is 2. The third kappa shape index (κ3) is 1.09. The molecule has 72 valence electrons. The summed E-state index contributed by atoms with van der Waals surface area (Å²) in [4.78, 5) is 1.31. The summed E-state index contributed by atoms with van der Waals surface area (Å²) in [6, 6.07) is 6.26. The van der Waals surface area contributed by atoms with Crippen molar-refractivity contribution in [1.29, 1.82) is 0 Å². The zero-order valence-electron chi connectivity index (χ0n) is 7.87. The van der Waals surface area contributed by atoms with Crippen LogP contribution in [0, 0.1) is 6.92 Å². The van der Waals surface area contributed by atoms with Crippen LogP contribution in [0.3, 0.4) is 0 Å². The summed E-state index contributed by atoms with van der Waals surface area (Å²) in [6.45, 7) is 3.42. The number of benzene rings is 1. The van der Waals surface area contributed by atoms with Crippen molar-refractivity contribution in [2.24, 2.45) is 0 Å². The summed E-state index contributed by atoms with van der Waals surface area (Å²) >= 11 is 1.76. The maximum Gasteiger partial charge on any atom is 0.179 e. The molecule has 0 saturated heterocycles. The number of aryl methyl sites for hydroxylation is 1. The van der Waals surface area contributed by atoms with Crippen LogP contribution in [0.4, 0.5) is 0 Å². The third-order valence-corrected chi connectivity index (χ3v) is 3.38. The number of hydrogen-bond acceptors (Lipinski definition) is 3. The van der Waals surface area contributed by atoms with Crippen molar-refractivity contribution in [1.82, 2.24) is 0 Å². The first-order valence-electron chi connectivity index (χ1n) is 4.63. The van der Waals surface area contributed by atoms with E-state index in [0.717, 1.165) is 11.5 Å². The molecule has 0 N–H and O–H groups in total. The minimum Gasteiger partial charge on any atom is -0.486 e. The highest BCUT2D eigenvalue weighted by molar-refractivity contribution is 7.19. The molecule has 0 spiro atoms. The molecular weight excluding hydrogens is 196 g/mol. The van der Waals surface area contributed by atoms with Crippen LogP contribution >= 0.6 is 11.3 Å². The van der Waals surface area contributed by atoms with Crippen LogP contribution in [0.2, 0.25) is 0 Å². The van der Waals surface area contributed by atoms with Crippen LogP contribution in [0.5, 0.6) is 11.5 Å². The van der Waals surface area contributed by atoms with Crippen molar-refractivity contribution in [3.63, 3.8) is 0 Å². The second-order valence-electron chi connectivity index (χ2n) is 3.37. The maximum atomic E-state index is 5.64. The Hall–Kier alpha value is -1.22. The zero-order chi connectivity index (χ0) is 9.54. The molecule has 0 fully saturated rings. The van der Waals surface area contributed by atoms with Crippen LogP contribution in [0.15, 0.2) is 18.2 Å². The van der Waals surface area contributed by atoms with E-state index >= 15 is 0 Å². The maximum absolute atomic E-state index is 5.64. The van der Waals surface area contributed by atoms with E-state index in [0.29, 0.717) is 13.2 Å². The van der Waals surface area contributed by atoms with E-state index < -0.39 is 0 Å². The lowest BCUT2D eigenvalue weighted by atomic mass is 10.2. The molecule has 0 atom stereocenters. The molecular formula is C11H10O2S. The second kappa shape index (κ2) is 2.89. The average Bonchev–Trinajstić information content (AvgIpc) is 2.59. The molecule has 1 aliphatic heterocycles. The van der Waals surface area contributed by atoms with Crippen LogP contribution in [0.25, 0.3) is 10.1 Å². The van der Waals surface area contributed by atoms with Crippen LogP contribution in [0.1, 0.15) is 4.88 Å².